The fraction of sp³-hybridized carbons (Fsp3) is 0.512. The molecule has 0 aliphatic rings. The van der Waals surface area contributed by atoms with Crippen molar-refractivity contribution in [3.05, 3.63) is 71.3 Å². The van der Waals surface area contributed by atoms with Crippen molar-refractivity contribution >= 4 is 11.7 Å². The number of nitrogens with two attached hydrogens (primary N) is 1. The number of nitrogens with one attached hydrogen (secondary N) is 4. The SMILES string of the molecule is CNCCCC(=O)c1ccc(OC)c(OC)c1.CNCCC[C@@H](N)c1ccc(OC)c(OC)c1.CNCCC[C@@H](NC(=O)C(F)(F)F)c1ccc(OC)c(OC)c1. The molecule has 3 rings (SSSR count). The van der Waals surface area contributed by atoms with E-state index in [9.17, 15) is 22.8 Å². The van der Waals surface area contributed by atoms with Gasteiger partial charge in [-0.2, -0.15) is 13.2 Å². The van der Waals surface area contributed by atoms with Crippen LogP contribution in [0.4, 0.5) is 13.2 Å². The largest absolute Gasteiger partial charge is 0.493 e. The van der Waals surface area contributed by atoms with Crippen LogP contribution in [0.1, 0.15) is 72.1 Å². The molecule has 0 bridgehead atoms. The number of amides is 1. The van der Waals surface area contributed by atoms with Crippen LogP contribution in [0.3, 0.4) is 0 Å². The Morgan fingerprint density at radius 1 is 0.596 bits per heavy atom. The highest BCUT2D eigenvalue weighted by atomic mass is 19.4. The number of rotatable bonds is 22. The first-order chi connectivity index (χ1) is 27.3. The summed E-state index contributed by atoms with van der Waals surface area (Å²) in [5.74, 6) is 1.72. The van der Waals surface area contributed by atoms with E-state index in [0.29, 0.717) is 59.9 Å². The molecule has 0 aliphatic heterocycles. The third-order valence-corrected chi connectivity index (χ3v) is 8.61. The predicted octanol–water partition coefficient (Wildman–Crippen LogP) is 6.01. The van der Waals surface area contributed by atoms with Gasteiger partial charge in [-0.05, 0) is 126 Å². The monoisotopic (exact) mass is 809 g/mol. The van der Waals surface area contributed by atoms with Gasteiger partial charge >= 0.3 is 12.1 Å². The number of ether oxygens (including phenoxy) is 6. The molecule has 0 radical (unpaired) electrons. The van der Waals surface area contributed by atoms with E-state index in [4.69, 9.17) is 34.2 Å². The minimum absolute atomic E-state index is 0.0446. The summed E-state index contributed by atoms with van der Waals surface area (Å²) in [4.78, 5) is 23.1. The molecular weight excluding hydrogens is 747 g/mol. The molecular formula is C41H62F3N5O8. The molecule has 0 heterocycles. The van der Waals surface area contributed by atoms with Crippen LogP contribution in [0.15, 0.2) is 54.6 Å². The van der Waals surface area contributed by atoms with Gasteiger partial charge in [-0.1, -0.05) is 12.1 Å². The summed E-state index contributed by atoms with van der Waals surface area (Å²) in [7, 11) is 14.9. The van der Waals surface area contributed by atoms with Crippen molar-refractivity contribution in [3.63, 3.8) is 0 Å². The molecule has 0 aliphatic carbocycles. The summed E-state index contributed by atoms with van der Waals surface area (Å²) in [6.07, 6.45) is -0.564. The van der Waals surface area contributed by atoms with Gasteiger partial charge in [-0.3, -0.25) is 9.59 Å². The minimum atomic E-state index is -4.92. The molecule has 16 heteroatoms. The van der Waals surface area contributed by atoms with Crippen molar-refractivity contribution in [2.45, 2.75) is 56.8 Å². The highest BCUT2D eigenvalue weighted by Crippen LogP contribution is 2.33. The number of halogens is 3. The lowest BCUT2D eigenvalue weighted by molar-refractivity contribution is -0.174. The quantitative estimate of drug-likeness (QED) is 0.0595. The van der Waals surface area contributed by atoms with Gasteiger partial charge < -0.3 is 55.4 Å². The van der Waals surface area contributed by atoms with Gasteiger partial charge in [-0.15, -0.1) is 0 Å². The number of methoxy groups -OCH3 is 6. The molecule has 2 atom stereocenters. The van der Waals surface area contributed by atoms with E-state index in [1.807, 2.05) is 37.6 Å². The van der Waals surface area contributed by atoms with Crippen LogP contribution in [0, 0.1) is 0 Å². The smallest absolute Gasteiger partial charge is 0.471 e. The molecule has 13 nitrogen and oxygen atoms in total. The lowest BCUT2D eigenvalue weighted by Crippen LogP contribution is -2.39. The van der Waals surface area contributed by atoms with Crippen molar-refractivity contribution in [3.8, 4) is 34.5 Å². The summed E-state index contributed by atoms with van der Waals surface area (Å²) in [5, 5.41) is 11.1. The number of hydrogen-bond donors (Lipinski definition) is 5. The standard InChI is InChI=1S/C15H21F3N2O3.C13H22N2O2.C13H19NO3/c1-19-8-4-5-11(20-14(21)15(16,17)18)10-6-7-12(22-2)13(9-10)23-3;1-15-8-4-5-11(14)10-6-7-12(16-2)13(9-10)17-3;1-14-8-4-5-11(15)10-6-7-12(16-2)13(9-10)17-3/h6-7,9,11,19H,4-5,8H2,1-3H3,(H,20,21);6-7,9,11,15H,4-5,8,14H2,1-3H3;6-7,9,14H,4-5,8H2,1-3H3/t2*11-;/m11./s1. The second-order valence-corrected chi connectivity index (χ2v) is 12.6. The molecule has 0 fully saturated rings. The topological polar surface area (TPSA) is 164 Å². The Bertz CT molecular complexity index is 1610. The third-order valence-electron chi connectivity index (χ3n) is 8.61. The van der Waals surface area contributed by atoms with Crippen molar-refractivity contribution in [2.24, 2.45) is 5.73 Å². The normalized spacial score (nSPS) is 11.7. The predicted molar refractivity (Wildman–Crippen MR) is 216 cm³/mol. The molecule has 0 spiro atoms. The molecule has 0 aromatic heterocycles. The van der Waals surface area contributed by atoms with Gasteiger partial charge in [0.25, 0.3) is 0 Å². The maximum atomic E-state index is 12.5. The van der Waals surface area contributed by atoms with Crippen LogP contribution in [-0.4, -0.2) is 101 Å². The van der Waals surface area contributed by atoms with E-state index in [-0.39, 0.29) is 11.8 Å². The Labute approximate surface area is 335 Å². The van der Waals surface area contributed by atoms with E-state index in [2.05, 4.69) is 16.0 Å². The summed E-state index contributed by atoms with van der Waals surface area (Å²) < 4.78 is 68.5. The lowest BCUT2D eigenvalue weighted by atomic mass is 10.0. The number of Topliss-reactive ketones (excluding diaryl/α,β-unsaturated/α-hetero) is 1. The van der Waals surface area contributed by atoms with E-state index < -0.39 is 18.1 Å². The van der Waals surface area contributed by atoms with Crippen molar-refractivity contribution in [1.82, 2.24) is 21.3 Å². The average molecular weight is 810 g/mol. The van der Waals surface area contributed by atoms with Crippen LogP contribution in [0.2, 0.25) is 0 Å². The molecule has 0 saturated heterocycles. The van der Waals surface area contributed by atoms with Gasteiger partial charge in [-0.25, -0.2) is 0 Å². The first kappa shape index (κ1) is 50.2. The second-order valence-electron chi connectivity index (χ2n) is 12.6. The Hall–Kier alpha value is -4.77. The van der Waals surface area contributed by atoms with Crippen molar-refractivity contribution < 1.29 is 51.2 Å². The second kappa shape index (κ2) is 27.8. The average Bonchev–Trinajstić information content (AvgIpc) is 3.22. The summed E-state index contributed by atoms with van der Waals surface area (Å²) in [6.45, 7) is 2.46. The highest BCUT2D eigenvalue weighted by molar-refractivity contribution is 5.96. The zero-order chi connectivity index (χ0) is 42.8. The number of benzene rings is 3. The Morgan fingerprint density at radius 2 is 1.02 bits per heavy atom. The molecule has 3 aromatic carbocycles. The van der Waals surface area contributed by atoms with Crippen LogP contribution >= 0.6 is 0 Å². The summed E-state index contributed by atoms with van der Waals surface area (Å²) in [6, 6.07) is 15.1. The van der Waals surface area contributed by atoms with Gasteiger partial charge in [0.2, 0.25) is 0 Å². The maximum Gasteiger partial charge on any atom is 0.471 e. The maximum absolute atomic E-state index is 12.5. The van der Waals surface area contributed by atoms with Gasteiger partial charge in [0.05, 0.1) is 48.7 Å². The van der Waals surface area contributed by atoms with Crippen molar-refractivity contribution in [2.75, 3.05) is 83.4 Å². The Kier molecular flexibility index (Phi) is 24.5. The molecule has 320 valence electrons. The summed E-state index contributed by atoms with van der Waals surface area (Å²) >= 11 is 0. The van der Waals surface area contributed by atoms with E-state index >= 15 is 0 Å². The first-order valence-corrected chi connectivity index (χ1v) is 18.5. The fourth-order valence-electron chi connectivity index (χ4n) is 5.44. The third kappa shape index (κ3) is 17.9. The van der Waals surface area contributed by atoms with Gasteiger partial charge in [0.15, 0.2) is 40.3 Å². The van der Waals surface area contributed by atoms with Crippen molar-refractivity contribution in [1.29, 1.82) is 0 Å². The zero-order valence-corrected chi connectivity index (χ0v) is 34.7. The molecule has 0 saturated carbocycles. The number of carbonyl (C=O) groups is 2. The Balaban J connectivity index is 0.000000435. The zero-order valence-electron chi connectivity index (χ0n) is 34.7. The molecule has 57 heavy (non-hydrogen) atoms. The van der Waals surface area contributed by atoms with E-state index in [0.717, 1.165) is 49.4 Å². The van der Waals surface area contributed by atoms with Crippen LogP contribution in [0.5, 0.6) is 34.5 Å². The molecule has 3 aromatic rings. The van der Waals surface area contributed by atoms with Crippen LogP contribution in [-0.2, 0) is 4.79 Å². The molecule has 0 unspecified atom stereocenters. The van der Waals surface area contributed by atoms with E-state index in [1.54, 1.807) is 71.9 Å². The minimum Gasteiger partial charge on any atom is -0.493 e. The van der Waals surface area contributed by atoms with Crippen LogP contribution < -0.4 is 55.4 Å². The fourth-order valence-corrected chi connectivity index (χ4v) is 5.44. The highest BCUT2D eigenvalue weighted by Gasteiger charge is 2.40. The molecule has 1 amide bonds. The van der Waals surface area contributed by atoms with E-state index in [1.165, 1.54) is 14.2 Å². The van der Waals surface area contributed by atoms with Gasteiger partial charge in [0, 0.05) is 18.0 Å². The van der Waals surface area contributed by atoms with Crippen LogP contribution in [0.25, 0.3) is 0 Å². The molecule has 6 N–H and O–H groups in total. The Morgan fingerprint density at radius 3 is 1.49 bits per heavy atom. The van der Waals surface area contributed by atoms with Gasteiger partial charge in [0.1, 0.15) is 0 Å². The number of carbonyl (C=O) groups excluding carboxylic acids is 2. The number of hydrogen-bond acceptors (Lipinski definition) is 12. The number of alkyl halides is 3. The lowest BCUT2D eigenvalue weighted by Gasteiger charge is -2.21. The summed E-state index contributed by atoms with van der Waals surface area (Å²) in [5.41, 5.74) is 8.40. The first-order valence-electron chi connectivity index (χ1n) is 18.5. The number of ketones is 1.